The van der Waals surface area contributed by atoms with Crippen molar-refractivity contribution in [2.24, 2.45) is 5.92 Å². The van der Waals surface area contributed by atoms with Crippen molar-refractivity contribution in [3.8, 4) is 0 Å². The van der Waals surface area contributed by atoms with Crippen molar-refractivity contribution in [1.29, 1.82) is 0 Å². The van der Waals surface area contributed by atoms with Crippen LogP contribution in [0.5, 0.6) is 0 Å². The van der Waals surface area contributed by atoms with Gasteiger partial charge in [0.05, 0.1) is 23.8 Å². The summed E-state index contributed by atoms with van der Waals surface area (Å²) in [4.78, 5) is 25.5. The molecule has 0 amide bonds. The normalized spacial score (nSPS) is 16.7. The zero-order chi connectivity index (χ0) is 21.9. The first-order valence-electron chi connectivity index (χ1n) is 10.3. The van der Waals surface area contributed by atoms with Crippen molar-refractivity contribution in [3.63, 3.8) is 0 Å². The van der Waals surface area contributed by atoms with Crippen LogP contribution >= 0.6 is 11.6 Å². The predicted octanol–water partition coefficient (Wildman–Crippen LogP) is 5.67. The first kappa shape index (κ1) is 22.4. The monoisotopic (exact) mass is 432 g/mol. The second kappa shape index (κ2) is 9.27. The Bertz CT molecular complexity index is 935. The van der Waals surface area contributed by atoms with Crippen LogP contribution in [0.25, 0.3) is 0 Å². The maximum atomic E-state index is 15.3. The molecule has 1 aliphatic rings. The first-order valence-corrected chi connectivity index (χ1v) is 10.6. The van der Waals surface area contributed by atoms with Crippen LogP contribution in [0.3, 0.4) is 0 Å². The van der Waals surface area contributed by atoms with Gasteiger partial charge in [0.2, 0.25) is 0 Å². The Balaban J connectivity index is 2.12. The van der Waals surface area contributed by atoms with E-state index in [1.165, 1.54) is 43.5 Å². The van der Waals surface area contributed by atoms with Gasteiger partial charge in [0.25, 0.3) is 0 Å². The molecular formula is C24H26ClFO4. The molecule has 30 heavy (non-hydrogen) atoms. The molecular weight excluding hydrogens is 407 g/mol. The number of halogens is 2. The summed E-state index contributed by atoms with van der Waals surface area (Å²) in [5.74, 6) is -2.35. The Kier molecular flexibility index (Phi) is 6.94. The number of carbonyl (C=O) groups excluding carboxylic acids is 2. The van der Waals surface area contributed by atoms with Gasteiger partial charge in [-0.2, -0.15) is 0 Å². The van der Waals surface area contributed by atoms with Crippen molar-refractivity contribution < 1.29 is 23.8 Å². The molecule has 0 bridgehead atoms. The summed E-state index contributed by atoms with van der Waals surface area (Å²) < 4.78 is 20.1. The lowest BCUT2D eigenvalue weighted by Crippen LogP contribution is -2.36. The average molecular weight is 433 g/mol. The minimum atomic E-state index is -1.27. The Morgan fingerprint density at radius 1 is 1.17 bits per heavy atom. The minimum Gasteiger partial charge on any atom is -0.465 e. The SMILES string of the molecule is CC[C@@](O)(c1cc(F)c(C(=O)c2ccc(Cl)cc2)c(C(=O)OC)c1)C1CCCCC1. The molecule has 1 N–H and O–H groups in total. The molecule has 0 aromatic heterocycles. The fraction of sp³-hybridized carbons (Fsp3) is 0.417. The van der Waals surface area contributed by atoms with Gasteiger partial charge in [-0.15, -0.1) is 0 Å². The molecule has 2 aromatic carbocycles. The van der Waals surface area contributed by atoms with Crippen molar-refractivity contribution >= 4 is 23.4 Å². The molecule has 1 aliphatic carbocycles. The summed E-state index contributed by atoms with van der Waals surface area (Å²) in [6.45, 7) is 1.84. The van der Waals surface area contributed by atoms with Crippen molar-refractivity contribution in [1.82, 2.24) is 0 Å². The molecule has 160 valence electrons. The maximum absolute atomic E-state index is 15.3. The molecule has 0 unspecified atom stereocenters. The molecule has 0 aliphatic heterocycles. The number of ether oxygens (including phenoxy) is 1. The number of esters is 1. The van der Waals surface area contributed by atoms with Gasteiger partial charge in [-0.25, -0.2) is 9.18 Å². The lowest BCUT2D eigenvalue weighted by molar-refractivity contribution is -0.0424. The van der Waals surface area contributed by atoms with Crippen LogP contribution in [0, 0.1) is 11.7 Å². The Morgan fingerprint density at radius 3 is 2.37 bits per heavy atom. The summed E-state index contributed by atoms with van der Waals surface area (Å²) in [5, 5.41) is 11.9. The predicted molar refractivity (Wildman–Crippen MR) is 113 cm³/mol. The van der Waals surface area contributed by atoms with Gasteiger partial charge in [0.15, 0.2) is 5.78 Å². The van der Waals surface area contributed by atoms with Gasteiger partial charge < -0.3 is 9.84 Å². The molecule has 2 aromatic rings. The third-order valence-corrected chi connectivity index (χ3v) is 6.40. The third kappa shape index (κ3) is 4.28. The van der Waals surface area contributed by atoms with Crippen LogP contribution in [0.15, 0.2) is 36.4 Å². The van der Waals surface area contributed by atoms with E-state index in [-0.39, 0.29) is 22.6 Å². The van der Waals surface area contributed by atoms with Crippen LogP contribution in [-0.2, 0) is 10.3 Å². The number of rotatable bonds is 6. The standard InChI is InChI=1S/C24H26ClFO4/c1-3-24(29,16-7-5-4-6-8-16)17-13-19(23(28)30-2)21(20(26)14-17)22(27)15-9-11-18(25)12-10-15/h9-14,16,29H,3-8H2,1-2H3/t24-/m0/s1. The van der Waals surface area contributed by atoms with E-state index < -0.39 is 23.2 Å². The van der Waals surface area contributed by atoms with E-state index in [1.54, 1.807) is 0 Å². The summed E-state index contributed by atoms with van der Waals surface area (Å²) in [6.07, 6.45) is 5.18. The number of benzene rings is 2. The third-order valence-electron chi connectivity index (χ3n) is 6.15. The van der Waals surface area contributed by atoms with Gasteiger partial charge in [0.1, 0.15) is 5.82 Å². The number of carbonyl (C=O) groups is 2. The van der Waals surface area contributed by atoms with Crippen LogP contribution in [0.4, 0.5) is 4.39 Å². The van der Waals surface area contributed by atoms with Crippen LogP contribution in [0.2, 0.25) is 5.02 Å². The van der Waals surface area contributed by atoms with E-state index in [0.717, 1.165) is 32.1 Å². The highest BCUT2D eigenvalue weighted by Crippen LogP contribution is 2.42. The smallest absolute Gasteiger partial charge is 0.338 e. The minimum absolute atomic E-state index is 0.0287. The average Bonchev–Trinajstić information content (AvgIpc) is 2.78. The number of hydrogen-bond donors (Lipinski definition) is 1. The molecule has 6 heteroatoms. The van der Waals surface area contributed by atoms with E-state index >= 15 is 4.39 Å². The largest absolute Gasteiger partial charge is 0.465 e. The number of ketones is 1. The Hall–Kier alpha value is -2.24. The number of aliphatic hydroxyl groups is 1. The fourth-order valence-electron chi connectivity index (χ4n) is 4.41. The Labute approximate surface area is 181 Å². The first-order chi connectivity index (χ1) is 14.3. The van der Waals surface area contributed by atoms with E-state index in [2.05, 4.69) is 0 Å². The highest BCUT2D eigenvalue weighted by molar-refractivity contribution is 6.30. The summed E-state index contributed by atoms with van der Waals surface area (Å²) in [5.41, 5.74) is -1.31. The summed E-state index contributed by atoms with van der Waals surface area (Å²) >= 11 is 5.87. The fourth-order valence-corrected chi connectivity index (χ4v) is 4.54. The molecule has 0 heterocycles. The molecule has 3 rings (SSSR count). The quantitative estimate of drug-likeness (QED) is 0.471. The summed E-state index contributed by atoms with van der Waals surface area (Å²) in [6, 6.07) is 8.60. The number of methoxy groups -OCH3 is 1. The van der Waals surface area contributed by atoms with Crippen molar-refractivity contribution in [2.75, 3.05) is 7.11 Å². The molecule has 1 saturated carbocycles. The molecule has 4 nitrogen and oxygen atoms in total. The van der Waals surface area contributed by atoms with Gasteiger partial charge >= 0.3 is 5.97 Å². The van der Waals surface area contributed by atoms with Crippen molar-refractivity contribution in [3.05, 3.63) is 69.5 Å². The van der Waals surface area contributed by atoms with E-state index in [0.29, 0.717) is 17.0 Å². The van der Waals surface area contributed by atoms with E-state index in [9.17, 15) is 14.7 Å². The zero-order valence-corrected chi connectivity index (χ0v) is 18.0. The number of hydrogen-bond acceptors (Lipinski definition) is 4. The molecule has 1 fully saturated rings. The Morgan fingerprint density at radius 2 is 1.80 bits per heavy atom. The van der Waals surface area contributed by atoms with Crippen LogP contribution in [0.1, 0.15) is 77.3 Å². The van der Waals surface area contributed by atoms with E-state index in [1.807, 2.05) is 6.92 Å². The van der Waals surface area contributed by atoms with Gasteiger partial charge in [-0.05, 0) is 67.1 Å². The lowest BCUT2D eigenvalue weighted by Gasteiger charge is -2.38. The van der Waals surface area contributed by atoms with Crippen LogP contribution in [-0.4, -0.2) is 24.0 Å². The molecule has 0 spiro atoms. The van der Waals surface area contributed by atoms with Gasteiger partial charge in [0, 0.05) is 10.6 Å². The molecule has 0 radical (unpaired) electrons. The van der Waals surface area contributed by atoms with Crippen molar-refractivity contribution in [2.45, 2.75) is 51.0 Å². The zero-order valence-electron chi connectivity index (χ0n) is 17.2. The highest BCUT2D eigenvalue weighted by atomic mass is 35.5. The van der Waals surface area contributed by atoms with E-state index in [4.69, 9.17) is 16.3 Å². The molecule has 0 saturated heterocycles. The lowest BCUT2D eigenvalue weighted by atomic mass is 9.71. The van der Waals surface area contributed by atoms with Crippen LogP contribution < -0.4 is 0 Å². The topological polar surface area (TPSA) is 63.6 Å². The van der Waals surface area contributed by atoms with Gasteiger partial charge in [-0.3, -0.25) is 4.79 Å². The maximum Gasteiger partial charge on any atom is 0.338 e. The van der Waals surface area contributed by atoms with Gasteiger partial charge in [-0.1, -0.05) is 37.8 Å². The highest BCUT2D eigenvalue weighted by Gasteiger charge is 2.39. The summed E-state index contributed by atoms with van der Waals surface area (Å²) in [7, 11) is 1.18. The molecule has 1 atom stereocenters. The second-order valence-electron chi connectivity index (χ2n) is 7.82. The second-order valence-corrected chi connectivity index (χ2v) is 8.26.